The van der Waals surface area contributed by atoms with E-state index in [1.807, 2.05) is 6.92 Å². The van der Waals surface area contributed by atoms with Gasteiger partial charge in [0.1, 0.15) is 17.6 Å². The van der Waals surface area contributed by atoms with Crippen molar-refractivity contribution in [3.8, 4) is 17.2 Å². The number of aromatic nitrogens is 2. The molecular weight excluding hydrogens is 437 g/mol. The van der Waals surface area contributed by atoms with Gasteiger partial charge in [-0.05, 0) is 82.6 Å². The van der Waals surface area contributed by atoms with Crippen LogP contribution in [0.25, 0.3) is 5.69 Å². The van der Waals surface area contributed by atoms with Crippen LogP contribution in [0.2, 0.25) is 0 Å². The van der Waals surface area contributed by atoms with Crippen LogP contribution in [0.3, 0.4) is 0 Å². The molecule has 0 bridgehead atoms. The number of alkyl halides is 3. The van der Waals surface area contributed by atoms with Crippen molar-refractivity contribution in [3.05, 3.63) is 71.0 Å². The second-order valence-electron chi connectivity index (χ2n) is 8.26. The van der Waals surface area contributed by atoms with Gasteiger partial charge in [-0.1, -0.05) is 0 Å². The lowest BCUT2D eigenvalue weighted by molar-refractivity contribution is -0.152. The summed E-state index contributed by atoms with van der Waals surface area (Å²) in [6, 6.07) is 9.86. The maximum Gasteiger partial charge on any atom is 0.416 e. The molecule has 0 saturated heterocycles. The Morgan fingerprint density at radius 2 is 1.73 bits per heavy atom. The van der Waals surface area contributed by atoms with Crippen molar-refractivity contribution in [2.75, 3.05) is 0 Å². The molecule has 0 aliphatic carbocycles. The fraction of sp³-hybridized carbons (Fsp3) is 0.333. The van der Waals surface area contributed by atoms with Gasteiger partial charge in [0, 0.05) is 11.8 Å². The normalized spacial score (nSPS) is 13.0. The zero-order chi connectivity index (χ0) is 24.6. The number of benzene rings is 2. The molecule has 1 unspecified atom stereocenters. The van der Waals surface area contributed by atoms with Gasteiger partial charge >= 0.3 is 12.1 Å². The Balaban J connectivity index is 1.76. The van der Waals surface area contributed by atoms with Crippen molar-refractivity contribution in [2.24, 2.45) is 0 Å². The first-order valence-electron chi connectivity index (χ1n) is 10.2. The van der Waals surface area contributed by atoms with Crippen molar-refractivity contribution in [3.63, 3.8) is 0 Å². The summed E-state index contributed by atoms with van der Waals surface area (Å²) in [7, 11) is 0. The molecule has 0 amide bonds. The van der Waals surface area contributed by atoms with Gasteiger partial charge in [0.15, 0.2) is 5.60 Å². The Hall–Kier alpha value is -3.49. The van der Waals surface area contributed by atoms with Crippen molar-refractivity contribution >= 4 is 5.97 Å². The van der Waals surface area contributed by atoms with Gasteiger partial charge in [-0.3, -0.25) is 0 Å². The molecule has 0 saturated carbocycles. The van der Waals surface area contributed by atoms with Crippen LogP contribution < -0.4 is 9.47 Å². The van der Waals surface area contributed by atoms with E-state index in [1.165, 1.54) is 30.7 Å². The predicted molar refractivity (Wildman–Crippen MR) is 116 cm³/mol. The lowest BCUT2D eigenvalue weighted by Gasteiger charge is -2.23. The molecule has 0 radical (unpaired) electrons. The Kier molecular flexibility index (Phi) is 6.44. The Morgan fingerprint density at radius 1 is 1.09 bits per heavy atom. The summed E-state index contributed by atoms with van der Waals surface area (Å²) >= 11 is 0. The van der Waals surface area contributed by atoms with Gasteiger partial charge in [-0.25, -0.2) is 9.48 Å². The van der Waals surface area contributed by atoms with E-state index in [-0.39, 0.29) is 0 Å². The van der Waals surface area contributed by atoms with E-state index < -0.39 is 29.4 Å². The van der Waals surface area contributed by atoms with Crippen LogP contribution in [-0.2, 0) is 11.0 Å². The molecule has 33 heavy (non-hydrogen) atoms. The second kappa shape index (κ2) is 8.80. The monoisotopic (exact) mass is 462 g/mol. The molecule has 9 heteroatoms. The number of hydrogen-bond donors (Lipinski definition) is 1. The van der Waals surface area contributed by atoms with Crippen LogP contribution in [0, 0.1) is 13.8 Å². The summed E-state index contributed by atoms with van der Waals surface area (Å²) in [5, 5.41) is 13.6. The zero-order valence-electron chi connectivity index (χ0n) is 18.9. The first-order chi connectivity index (χ1) is 15.3. The number of carbonyl (C=O) groups is 1. The van der Waals surface area contributed by atoms with Crippen LogP contribution in [0.4, 0.5) is 13.2 Å². The number of nitrogens with zero attached hydrogens (tertiary/aromatic N) is 2. The molecule has 0 aliphatic rings. The number of ether oxygens (including phenoxy) is 2. The summed E-state index contributed by atoms with van der Waals surface area (Å²) in [4.78, 5) is 11.3. The average molecular weight is 462 g/mol. The van der Waals surface area contributed by atoms with Crippen LogP contribution in [0.15, 0.2) is 48.7 Å². The van der Waals surface area contributed by atoms with E-state index in [0.29, 0.717) is 28.4 Å². The van der Waals surface area contributed by atoms with Crippen molar-refractivity contribution in [1.82, 2.24) is 9.78 Å². The quantitative estimate of drug-likeness (QED) is 0.474. The highest BCUT2D eigenvalue weighted by atomic mass is 19.4. The van der Waals surface area contributed by atoms with Crippen molar-refractivity contribution in [1.29, 1.82) is 0 Å². The number of aryl methyl sites for hydroxylation is 2. The molecule has 0 fully saturated rings. The summed E-state index contributed by atoms with van der Waals surface area (Å²) in [5.41, 5.74) is 0.586. The topological polar surface area (TPSA) is 73.6 Å². The molecule has 3 aromatic rings. The molecule has 0 spiro atoms. The number of rotatable bonds is 7. The largest absolute Gasteiger partial charge is 0.486 e. The molecule has 3 rings (SSSR count). The molecule has 2 aromatic carbocycles. The van der Waals surface area contributed by atoms with E-state index >= 15 is 0 Å². The van der Waals surface area contributed by atoms with Gasteiger partial charge in [0.25, 0.3) is 0 Å². The van der Waals surface area contributed by atoms with E-state index in [1.54, 1.807) is 38.2 Å². The van der Waals surface area contributed by atoms with Gasteiger partial charge in [-0.15, -0.1) is 0 Å². The Labute approximate surface area is 189 Å². The standard InChI is InChI=1S/C24H25F3N2O4/c1-14-12-19(10-11-21(14)33-23(4,5)22(30)31)32-16(3)20-13-29(28-15(20)2)18-8-6-17(7-9-18)24(25,26)27/h6-13,16H,1-5H3,(H,30,31). The number of carboxylic acid groups (broad SMARTS) is 1. The summed E-state index contributed by atoms with van der Waals surface area (Å²) in [6.07, 6.45) is -3.06. The minimum atomic E-state index is -4.39. The molecule has 1 heterocycles. The first kappa shape index (κ1) is 24.2. The summed E-state index contributed by atoms with van der Waals surface area (Å²) in [5.74, 6) is -0.0766. The maximum absolute atomic E-state index is 12.8. The van der Waals surface area contributed by atoms with E-state index in [0.717, 1.165) is 17.7 Å². The van der Waals surface area contributed by atoms with Crippen LogP contribution in [-0.4, -0.2) is 26.5 Å². The highest BCUT2D eigenvalue weighted by Crippen LogP contribution is 2.32. The minimum absolute atomic E-state index is 0.394. The number of carboxylic acids is 1. The second-order valence-corrected chi connectivity index (χ2v) is 8.26. The van der Waals surface area contributed by atoms with Gasteiger partial charge < -0.3 is 14.6 Å². The highest BCUT2D eigenvalue weighted by molar-refractivity contribution is 5.76. The van der Waals surface area contributed by atoms with Crippen LogP contribution >= 0.6 is 0 Å². The third-order valence-electron chi connectivity index (χ3n) is 5.17. The summed E-state index contributed by atoms with van der Waals surface area (Å²) in [6.45, 7) is 8.37. The van der Waals surface area contributed by atoms with Gasteiger partial charge in [0.05, 0.1) is 16.9 Å². The lowest BCUT2D eigenvalue weighted by Crippen LogP contribution is -2.38. The smallest absolute Gasteiger partial charge is 0.416 e. The molecule has 176 valence electrons. The number of hydrogen-bond acceptors (Lipinski definition) is 4. The van der Waals surface area contributed by atoms with Gasteiger partial charge in [-0.2, -0.15) is 18.3 Å². The number of aliphatic carboxylic acids is 1. The van der Waals surface area contributed by atoms with E-state index in [2.05, 4.69) is 5.10 Å². The summed E-state index contributed by atoms with van der Waals surface area (Å²) < 4.78 is 51.5. The van der Waals surface area contributed by atoms with Crippen LogP contribution in [0.1, 0.15) is 49.3 Å². The number of halogens is 3. The fourth-order valence-corrected chi connectivity index (χ4v) is 3.20. The molecule has 6 nitrogen and oxygen atoms in total. The van der Waals surface area contributed by atoms with Crippen molar-refractivity contribution in [2.45, 2.75) is 52.5 Å². The van der Waals surface area contributed by atoms with E-state index in [9.17, 15) is 23.1 Å². The van der Waals surface area contributed by atoms with Crippen LogP contribution in [0.5, 0.6) is 11.5 Å². The molecule has 0 aliphatic heterocycles. The lowest BCUT2D eigenvalue weighted by atomic mass is 10.1. The molecule has 1 aromatic heterocycles. The minimum Gasteiger partial charge on any atom is -0.486 e. The third-order valence-corrected chi connectivity index (χ3v) is 5.17. The highest BCUT2D eigenvalue weighted by Gasteiger charge is 2.31. The molecule has 1 atom stereocenters. The maximum atomic E-state index is 12.8. The predicted octanol–water partition coefficient (Wildman–Crippen LogP) is 5.89. The Morgan fingerprint density at radius 3 is 2.27 bits per heavy atom. The Bertz CT molecular complexity index is 1150. The molecule has 1 N–H and O–H groups in total. The van der Waals surface area contributed by atoms with E-state index in [4.69, 9.17) is 9.47 Å². The first-order valence-corrected chi connectivity index (χ1v) is 10.2. The average Bonchev–Trinajstić information content (AvgIpc) is 3.11. The third kappa shape index (κ3) is 5.47. The zero-order valence-corrected chi connectivity index (χ0v) is 18.9. The SMILES string of the molecule is Cc1cc(OC(C)c2cn(-c3ccc(C(F)(F)F)cc3)nc2C)ccc1OC(C)(C)C(=O)O. The molecular formula is C24H25F3N2O4. The van der Waals surface area contributed by atoms with Crippen molar-refractivity contribution < 1.29 is 32.5 Å². The van der Waals surface area contributed by atoms with Gasteiger partial charge in [0.2, 0.25) is 0 Å². The fourth-order valence-electron chi connectivity index (χ4n) is 3.20.